The van der Waals surface area contributed by atoms with Gasteiger partial charge in [0.25, 0.3) is 0 Å². The van der Waals surface area contributed by atoms with Crippen molar-refractivity contribution in [3.8, 4) is 11.5 Å². The van der Waals surface area contributed by atoms with Crippen LogP contribution >= 0.6 is 23.2 Å². The Labute approximate surface area is 103 Å². The molecule has 82 valence electrons. The molecule has 2 rings (SSSR count). The van der Waals surface area contributed by atoms with E-state index < -0.39 is 0 Å². The standard InChI is InChI=1S/C11H8Cl2N2O/c12-7-2-1-3-10(11(7)13)16-9-4-5-15-6-8(9)14/h1-6H,14H2. The summed E-state index contributed by atoms with van der Waals surface area (Å²) < 4.78 is 5.54. The largest absolute Gasteiger partial charge is 0.453 e. The van der Waals surface area contributed by atoms with Crippen LogP contribution in [0.3, 0.4) is 0 Å². The van der Waals surface area contributed by atoms with Gasteiger partial charge in [-0.1, -0.05) is 29.3 Å². The Balaban J connectivity index is 2.35. The molecule has 0 saturated carbocycles. The maximum absolute atomic E-state index is 5.98. The Morgan fingerprint density at radius 1 is 1.12 bits per heavy atom. The van der Waals surface area contributed by atoms with E-state index >= 15 is 0 Å². The van der Waals surface area contributed by atoms with Crippen LogP contribution in [0.5, 0.6) is 11.5 Å². The van der Waals surface area contributed by atoms with E-state index in [0.29, 0.717) is 27.2 Å². The lowest BCUT2D eigenvalue weighted by molar-refractivity contribution is 0.484. The number of hydrogen-bond acceptors (Lipinski definition) is 3. The van der Waals surface area contributed by atoms with Gasteiger partial charge in [0, 0.05) is 12.3 Å². The minimum Gasteiger partial charge on any atom is -0.453 e. The smallest absolute Gasteiger partial charge is 0.153 e. The molecule has 16 heavy (non-hydrogen) atoms. The van der Waals surface area contributed by atoms with E-state index in [1.165, 1.54) is 6.20 Å². The highest BCUT2D eigenvalue weighted by Gasteiger charge is 2.08. The zero-order chi connectivity index (χ0) is 11.5. The Morgan fingerprint density at radius 3 is 2.69 bits per heavy atom. The van der Waals surface area contributed by atoms with Crippen LogP contribution in [0.25, 0.3) is 0 Å². The molecule has 2 N–H and O–H groups in total. The summed E-state index contributed by atoms with van der Waals surface area (Å²) in [5, 5.41) is 0.798. The molecule has 0 unspecified atom stereocenters. The molecule has 0 spiro atoms. The molecule has 1 heterocycles. The zero-order valence-corrected chi connectivity index (χ0v) is 9.66. The van der Waals surface area contributed by atoms with Crippen LogP contribution in [0.1, 0.15) is 0 Å². The molecule has 0 radical (unpaired) electrons. The van der Waals surface area contributed by atoms with Gasteiger partial charge in [0.05, 0.1) is 16.9 Å². The van der Waals surface area contributed by atoms with E-state index in [0.717, 1.165) is 0 Å². The van der Waals surface area contributed by atoms with E-state index in [9.17, 15) is 0 Å². The molecular formula is C11H8Cl2N2O. The summed E-state index contributed by atoms with van der Waals surface area (Å²) >= 11 is 11.8. The maximum atomic E-state index is 5.98. The van der Waals surface area contributed by atoms with Crippen molar-refractivity contribution < 1.29 is 4.74 Å². The third-order valence-corrected chi connectivity index (χ3v) is 2.75. The second-order valence-electron chi connectivity index (χ2n) is 3.07. The van der Waals surface area contributed by atoms with Crippen LogP contribution in [0.15, 0.2) is 36.7 Å². The fourth-order valence-corrected chi connectivity index (χ4v) is 1.50. The van der Waals surface area contributed by atoms with Gasteiger partial charge in [-0.2, -0.15) is 0 Å². The molecule has 3 nitrogen and oxygen atoms in total. The molecule has 0 fully saturated rings. The summed E-state index contributed by atoms with van der Waals surface area (Å²) in [5.41, 5.74) is 6.14. The highest BCUT2D eigenvalue weighted by molar-refractivity contribution is 6.42. The third-order valence-electron chi connectivity index (χ3n) is 1.95. The number of halogens is 2. The minimum atomic E-state index is 0.361. The Hall–Kier alpha value is -1.45. The summed E-state index contributed by atoms with van der Waals surface area (Å²) in [4.78, 5) is 3.86. The molecule has 0 amide bonds. The van der Waals surface area contributed by atoms with Crippen LogP contribution < -0.4 is 10.5 Å². The van der Waals surface area contributed by atoms with Crippen LogP contribution in [0.4, 0.5) is 5.69 Å². The first kappa shape index (κ1) is 11.0. The first-order valence-corrected chi connectivity index (χ1v) is 5.25. The van der Waals surface area contributed by atoms with Crippen molar-refractivity contribution in [3.63, 3.8) is 0 Å². The lowest BCUT2D eigenvalue weighted by Crippen LogP contribution is -1.93. The number of ether oxygens (including phenoxy) is 1. The zero-order valence-electron chi connectivity index (χ0n) is 8.15. The molecule has 0 bridgehead atoms. The highest BCUT2D eigenvalue weighted by atomic mass is 35.5. The van der Waals surface area contributed by atoms with Gasteiger partial charge in [0.1, 0.15) is 10.8 Å². The molecule has 0 saturated heterocycles. The van der Waals surface area contributed by atoms with Crippen molar-refractivity contribution in [2.45, 2.75) is 0 Å². The van der Waals surface area contributed by atoms with E-state index in [-0.39, 0.29) is 0 Å². The van der Waals surface area contributed by atoms with Gasteiger partial charge < -0.3 is 10.5 Å². The Morgan fingerprint density at radius 2 is 1.94 bits per heavy atom. The molecule has 2 aromatic rings. The number of pyridine rings is 1. The number of rotatable bonds is 2. The number of nitrogens with zero attached hydrogens (tertiary/aromatic N) is 1. The van der Waals surface area contributed by atoms with Crippen molar-refractivity contribution in [2.24, 2.45) is 0 Å². The van der Waals surface area contributed by atoms with Gasteiger partial charge in [-0.15, -0.1) is 0 Å². The highest BCUT2D eigenvalue weighted by Crippen LogP contribution is 2.35. The van der Waals surface area contributed by atoms with Crippen molar-refractivity contribution in [3.05, 3.63) is 46.7 Å². The van der Waals surface area contributed by atoms with Gasteiger partial charge in [-0.3, -0.25) is 4.98 Å². The third kappa shape index (κ3) is 2.21. The molecule has 5 heteroatoms. The average molecular weight is 255 g/mol. The number of aromatic nitrogens is 1. The number of benzene rings is 1. The van der Waals surface area contributed by atoms with Crippen LogP contribution in [0.2, 0.25) is 10.0 Å². The lowest BCUT2D eigenvalue weighted by Gasteiger charge is -2.09. The monoisotopic (exact) mass is 254 g/mol. The molecule has 1 aromatic heterocycles. The second-order valence-corrected chi connectivity index (χ2v) is 3.85. The quantitative estimate of drug-likeness (QED) is 0.888. The first-order valence-electron chi connectivity index (χ1n) is 4.50. The second kappa shape index (κ2) is 4.60. The van der Waals surface area contributed by atoms with Crippen molar-refractivity contribution in [1.82, 2.24) is 4.98 Å². The lowest BCUT2D eigenvalue weighted by atomic mass is 10.3. The van der Waals surface area contributed by atoms with E-state index in [1.807, 2.05) is 0 Å². The molecule has 0 aliphatic heterocycles. The van der Waals surface area contributed by atoms with E-state index in [4.69, 9.17) is 33.7 Å². The van der Waals surface area contributed by atoms with Gasteiger partial charge in [0.15, 0.2) is 5.75 Å². The Bertz CT molecular complexity index is 517. The molecule has 0 aliphatic carbocycles. The number of anilines is 1. The predicted octanol–water partition coefficient (Wildman–Crippen LogP) is 3.76. The number of nitrogen functional groups attached to an aromatic ring is 1. The fourth-order valence-electron chi connectivity index (χ4n) is 1.17. The minimum absolute atomic E-state index is 0.361. The SMILES string of the molecule is Nc1cnccc1Oc1cccc(Cl)c1Cl. The van der Waals surface area contributed by atoms with Crippen LogP contribution in [-0.2, 0) is 0 Å². The van der Waals surface area contributed by atoms with Crippen LogP contribution in [0, 0.1) is 0 Å². The van der Waals surface area contributed by atoms with Crippen molar-refractivity contribution in [1.29, 1.82) is 0 Å². The number of nitrogens with two attached hydrogens (primary N) is 1. The fraction of sp³-hybridized carbons (Fsp3) is 0. The summed E-state index contributed by atoms with van der Waals surface area (Å²) in [7, 11) is 0. The summed E-state index contributed by atoms with van der Waals surface area (Å²) in [6.07, 6.45) is 3.10. The van der Waals surface area contributed by atoms with Crippen molar-refractivity contribution in [2.75, 3.05) is 5.73 Å². The van der Waals surface area contributed by atoms with Gasteiger partial charge in [-0.05, 0) is 12.1 Å². The van der Waals surface area contributed by atoms with Crippen molar-refractivity contribution >= 4 is 28.9 Å². The van der Waals surface area contributed by atoms with Gasteiger partial charge in [0.2, 0.25) is 0 Å². The predicted molar refractivity (Wildman–Crippen MR) is 65.2 cm³/mol. The van der Waals surface area contributed by atoms with Gasteiger partial charge >= 0.3 is 0 Å². The Kier molecular flexibility index (Phi) is 3.17. The van der Waals surface area contributed by atoms with Crippen LogP contribution in [-0.4, -0.2) is 4.98 Å². The average Bonchev–Trinajstić information content (AvgIpc) is 2.28. The topological polar surface area (TPSA) is 48.1 Å². The van der Waals surface area contributed by atoms with E-state index in [2.05, 4.69) is 4.98 Å². The molecular weight excluding hydrogens is 247 g/mol. The first-order chi connectivity index (χ1) is 7.68. The van der Waals surface area contributed by atoms with Gasteiger partial charge in [-0.25, -0.2) is 0 Å². The number of hydrogen-bond donors (Lipinski definition) is 1. The summed E-state index contributed by atoms with van der Waals surface area (Å²) in [6, 6.07) is 6.81. The summed E-state index contributed by atoms with van der Waals surface area (Å²) in [5.74, 6) is 0.964. The molecule has 0 atom stereocenters. The normalized spacial score (nSPS) is 10.1. The van der Waals surface area contributed by atoms with E-state index in [1.54, 1.807) is 30.5 Å². The molecule has 0 aliphatic rings. The molecule has 1 aromatic carbocycles. The maximum Gasteiger partial charge on any atom is 0.153 e. The summed E-state index contributed by atoms with van der Waals surface area (Å²) in [6.45, 7) is 0.